The summed E-state index contributed by atoms with van der Waals surface area (Å²) in [4.78, 5) is 16.7. The number of carbonyl (C=O) groups is 1. The summed E-state index contributed by atoms with van der Waals surface area (Å²) in [5, 5.41) is 3.55. The molecule has 1 aromatic carbocycles. The van der Waals surface area contributed by atoms with Crippen LogP contribution in [0.15, 0.2) is 42.7 Å². The van der Waals surface area contributed by atoms with Gasteiger partial charge in [-0.1, -0.05) is 17.7 Å². The molecule has 0 unspecified atom stereocenters. The third-order valence-corrected chi connectivity index (χ3v) is 4.06. The number of rotatable bonds is 4. The predicted octanol–water partition coefficient (Wildman–Crippen LogP) is 3.00. The summed E-state index contributed by atoms with van der Waals surface area (Å²) in [5.41, 5.74) is 1.41. The molecule has 0 spiro atoms. The molecule has 3 rings (SSSR count). The van der Waals surface area contributed by atoms with E-state index in [0.717, 1.165) is 12.0 Å². The molecule has 2 atom stereocenters. The van der Waals surface area contributed by atoms with Gasteiger partial charge in [0.15, 0.2) is 0 Å². The average molecular weight is 333 g/mol. The lowest BCUT2D eigenvalue weighted by Crippen LogP contribution is -2.37. The number of nitrogens with one attached hydrogen (secondary N) is 1. The highest BCUT2D eigenvalue weighted by Crippen LogP contribution is 2.29. The molecule has 2 aromatic rings. The molecule has 120 valence electrons. The molecule has 1 amide bonds. The summed E-state index contributed by atoms with van der Waals surface area (Å²) in [6.07, 6.45) is 4.04. The molecule has 1 aliphatic heterocycles. The van der Waals surface area contributed by atoms with E-state index in [9.17, 15) is 4.79 Å². The first kappa shape index (κ1) is 15.8. The zero-order valence-corrected chi connectivity index (χ0v) is 13.4. The molecular weight excluding hydrogens is 316 g/mol. The lowest BCUT2D eigenvalue weighted by Gasteiger charge is -2.20. The number of carbonyl (C=O) groups excluding carboxylic acids is 1. The van der Waals surface area contributed by atoms with E-state index in [4.69, 9.17) is 21.1 Å². The number of aromatic nitrogens is 1. The molecule has 0 radical (unpaired) electrons. The molecule has 0 saturated carbocycles. The van der Waals surface area contributed by atoms with Crippen LogP contribution >= 0.6 is 11.6 Å². The normalized spacial score (nSPS) is 20.3. The molecular formula is C17H17ClN2O3. The number of halogens is 1. The molecule has 1 N–H and O–H groups in total. The van der Waals surface area contributed by atoms with Gasteiger partial charge in [-0.05, 0) is 30.7 Å². The highest BCUT2D eigenvalue weighted by atomic mass is 35.5. The molecule has 0 aliphatic carbocycles. The maximum atomic E-state index is 12.6. The van der Waals surface area contributed by atoms with Gasteiger partial charge < -0.3 is 14.8 Å². The smallest absolute Gasteiger partial charge is 0.255 e. The lowest BCUT2D eigenvalue weighted by atomic mass is 10.0. The molecule has 1 aromatic heterocycles. The van der Waals surface area contributed by atoms with Crippen molar-refractivity contribution >= 4 is 17.5 Å². The van der Waals surface area contributed by atoms with E-state index >= 15 is 0 Å². The Morgan fingerprint density at radius 3 is 3.04 bits per heavy atom. The molecule has 1 saturated heterocycles. The summed E-state index contributed by atoms with van der Waals surface area (Å²) in [6, 6.07) is 8.66. The zero-order valence-electron chi connectivity index (χ0n) is 12.7. The van der Waals surface area contributed by atoms with Gasteiger partial charge in [0.05, 0.1) is 18.7 Å². The summed E-state index contributed by atoms with van der Waals surface area (Å²) < 4.78 is 11.0. The van der Waals surface area contributed by atoms with Crippen LogP contribution in [0.2, 0.25) is 5.02 Å². The number of nitrogens with zero attached hydrogens (tertiary/aromatic N) is 1. The SMILES string of the molecule is COc1cc(Cl)ccc1C(=O)N[C@H]1CCO[C@@H]1c1cccnc1. The van der Waals surface area contributed by atoms with Gasteiger partial charge in [-0.15, -0.1) is 0 Å². The van der Waals surface area contributed by atoms with Crippen LogP contribution in [0.3, 0.4) is 0 Å². The van der Waals surface area contributed by atoms with E-state index < -0.39 is 0 Å². The van der Waals surface area contributed by atoms with E-state index in [1.54, 1.807) is 30.6 Å². The van der Waals surface area contributed by atoms with Crippen molar-refractivity contribution in [1.29, 1.82) is 0 Å². The Hall–Kier alpha value is -2.11. The minimum atomic E-state index is -0.206. The van der Waals surface area contributed by atoms with Crippen LogP contribution in [-0.2, 0) is 4.74 Å². The summed E-state index contributed by atoms with van der Waals surface area (Å²) in [5.74, 6) is 0.245. The van der Waals surface area contributed by atoms with Crippen LogP contribution in [-0.4, -0.2) is 30.6 Å². The first-order valence-corrected chi connectivity index (χ1v) is 7.73. The Kier molecular flexibility index (Phi) is 4.79. The Morgan fingerprint density at radius 1 is 1.43 bits per heavy atom. The van der Waals surface area contributed by atoms with E-state index in [2.05, 4.69) is 10.3 Å². The highest BCUT2D eigenvalue weighted by Gasteiger charge is 2.31. The van der Waals surface area contributed by atoms with E-state index in [1.807, 2.05) is 12.1 Å². The van der Waals surface area contributed by atoms with Gasteiger partial charge in [-0.2, -0.15) is 0 Å². The van der Waals surface area contributed by atoms with Crippen molar-refractivity contribution in [2.24, 2.45) is 0 Å². The standard InChI is InChI=1S/C17H17ClN2O3/c1-22-15-9-12(18)4-5-13(15)17(21)20-14-6-8-23-16(14)11-3-2-7-19-10-11/h2-5,7,9-10,14,16H,6,8H2,1H3,(H,20,21)/t14-,16+/m0/s1. The minimum absolute atomic E-state index is 0.105. The molecule has 1 aliphatic rings. The first-order valence-electron chi connectivity index (χ1n) is 7.35. The summed E-state index contributed by atoms with van der Waals surface area (Å²) in [6.45, 7) is 0.599. The number of ether oxygens (including phenoxy) is 2. The minimum Gasteiger partial charge on any atom is -0.496 e. The van der Waals surface area contributed by atoms with Crippen LogP contribution < -0.4 is 10.1 Å². The quantitative estimate of drug-likeness (QED) is 0.935. The topological polar surface area (TPSA) is 60.5 Å². The molecule has 6 heteroatoms. The second-order valence-corrected chi connectivity index (χ2v) is 5.73. The predicted molar refractivity (Wildman–Crippen MR) is 86.8 cm³/mol. The summed E-state index contributed by atoms with van der Waals surface area (Å²) >= 11 is 5.94. The van der Waals surface area contributed by atoms with Gasteiger partial charge in [0, 0.05) is 29.6 Å². The third kappa shape index (κ3) is 3.46. The van der Waals surface area contributed by atoms with Crippen LogP contribution in [0, 0.1) is 0 Å². The average Bonchev–Trinajstić information content (AvgIpc) is 3.03. The van der Waals surface area contributed by atoms with Crippen LogP contribution in [0.25, 0.3) is 0 Å². The summed E-state index contributed by atoms with van der Waals surface area (Å²) in [7, 11) is 1.51. The maximum absolute atomic E-state index is 12.6. The molecule has 0 bridgehead atoms. The molecule has 5 nitrogen and oxygen atoms in total. The number of pyridine rings is 1. The van der Waals surface area contributed by atoms with Gasteiger partial charge in [0.2, 0.25) is 0 Å². The fraction of sp³-hybridized carbons (Fsp3) is 0.294. The first-order chi connectivity index (χ1) is 11.2. The van der Waals surface area contributed by atoms with Gasteiger partial charge >= 0.3 is 0 Å². The van der Waals surface area contributed by atoms with Gasteiger partial charge in [0.25, 0.3) is 5.91 Å². The van der Waals surface area contributed by atoms with Gasteiger partial charge in [0.1, 0.15) is 11.9 Å². The number of benzene rings is 1. The Balaban J connectivity index is 1.77. The maximum Gasteiger partial charge on any atom is 0.255 e. The number of hydrogen-bond donors (Lipinski definition) is 1. The van der Waals surface area contributed by atoms with Crippen LogP contribution in [0.1, 0.15) is 28.4 Å². The zero-order chi connectivity index (χ0) is 16.2. The molecule has 23 heavy (non-hydrogen) atoms. The van der Waals surface area contributed by atoms with Crippen molar-refractivity contribution in [3.63, 3.8) is 0 Å². The van der Waals surface area contributed by atoms with Crippen molar-refractivity contribution in [1.82, 2.24) is 10.3 Å². The number of methoxy groups -OCH3 is 1. The van der Waals surface area contributed by atoms with Crippen molar-refractivity contribution in [3.8, 4) is 5.75 Å². The van der Waals surface area contributed by atoms with Crippen molar-refractivity contribution in [3.05, 3.63) is 58.9 Å². The van der Waals surface area contributed by atoms with Gasteiger partial charge in [-0.25, -0.2) is 0 Å². The third-order valence-electron chi connectivity index (χ3n) is 3.83. The fourth-order valence-corrected chi connectivity index (χ4v) is 2.87. The van der Waals surface area contributed by atoms with Crippen LogP contribution in [0.5, 0.6) is 5.75 Å². The number of amides is 1. The number of hydrogen-bond acceptors (Lipinski definition) is 4. The van der Waals surface area contributed by atoms with Crippen LogP contribution in [0.4, 0.5) is 0 Å². The fourth-order valence-electron chi connectivity index (χ4n) is 2.71. The Labute approximate surface area is 139 Å². The largest absolute Gasteiger partial charge is 0.496 e. The monoisotopic (exact) mass is 332 g/mol. The second kappa shape index (κ2) is 6.98. The van der Waals surface area contributed by atoms with Crippen molar-refractivity contribution < 1.29 is 14.3 Å². The lowest BCUT2D eigenvalue weighted by molar-refractivity contribution is 0.0818. The Bertz CT molecular complexity index is 693. The van der Waals surface area contributed by atoms with Gasteiger partial charge in [-0.3, -0.25) is 9.78 Å². The van der Waals surface area contributed by atoms with E-state index in [0.29, 0.717) is 22.9 Å². The van der Waals surface area contributed by atoms with E-state index in [1.165, 1.54) is 7.11 Å². The molecule has 2 heterocycles. The van der Waals surface area contributed by atoms with Crippen molar-refractivity contribution in [2.75, 3.05) is 13.7 Å². The molecule has 1 fully saturated rings. The van der Waals surface area contributed by atoms with E-state index in [-0.39, 0.29) is 18.1 Å². The Morgan fingerprint density at radius 2 is 2.30 bits per heavy atom. The highest BCUT2D eigenvalue weighted by molar-refractivity contribution is 6.30. The van der Waals surface area contributed by atoms with Crippen molar-refractivity contribution in [2.45, 2.75) is 18.6 Å². The second-order valence-electron chi connectivity index (χ2n) is 5.29.